The highest BCUT2D eigenvalue weighted by atomic mass is 32.1. The van der Waals surface area contributed by atoms with Crippen LogP contribution in [0.5, 0.6) is 0 Å². The van der Waals surface area contributed by atoms with E-state index in [1.165, 1.54) is 40.3 Å². The van der Waals surface area contributed by atoms with Crippen LogP contribution in [-0.4, -0.2) is 52.2 Å². The first kappa shape index (κ1) is 26.6. The summed E-state index contributed by atoms with van der Waals surface area (Å²) in [6.45, 7) is 0.566. The van der Waals surface area contributed by atoms with E-state index in [0.717, 1.165) is 17.4 Å². The van der Waals surface area contributed by atoms with E-state index >= 15 is 0 Å². The Morgan fingerprint density at radius 1 is 1.12 bits per heavy atom. The van der Waals surface area contributed by atoms with Crippen molar-refractivity contribution in [3.05, 3.63) is 71.2 Å². The van der Waals surface area contributed by atoms with Crippen molar-refractivity contribution in [3.8, 4) is 11.1 Å². The van der Waals surface area contributed by atoms with Crippen LogP contribution in [0.2, 0.25) is 0 Å². The van der Waals surface area contributed by atoms with Crippen molar-refractivity contribution in [2.75, 3.05) is 23.3 Å². The number of likely N-dealkylation sites (tertiary alicyclic amines) is 1. The summed E-state index contributed by atoms with van der Waals surface area (Å²) in [5.74, 6) is -0.453. The lowest BCUT2D eigenvalue weighted by Gasteiger charge is -2.31. The maximum atomic E-state index is 13.7. The van der Waals surface area contributed by atoms with Gasteiger partial charge in [0, 0.05) is 25.3 Å². The molecule has 0 saturated carbocycles. The summed E-state index contributed by atoms with van der Waals surface area (Å²) in [4.78, 5) is 45.8. The normalized spacial score (nSPS) is 17.0. The molecule has 4 heterocycles. The summed E-state index contributed by atoms with van der Waals surface area (Å²) in [7, 11) is 0. The first-order valence-electron chi connectivity index (χ1n) is 12.7. The largest absolute Gasteiger partial charge is 0.465 e. The third-order valence-electron chi connectivity index (χ3n) is 7.13. The number of hydrogen-bond acceptors (Lipinski definition) is 5. The van der Waals surface area contributed by atoms with E-state index in [-0.39, 0.29) is 34.3 Å². The number of amides is 4. The van der Waals surface area contributed by atoms with Crippen molar-refractivity contribution in [1.82, 2.24) is 15.2 Å². The molecule has 9 nitrogen and oxygen atoms in total. The zero-order chi connectivity index (χ0) is 28.9. The Hall–Kier alpha value is -4.65. The predicted molar refractivity (Wildman–Crippen MR) is 148 cm³/mol. The zero-order valence-electron chi connectivity index (χ0n) is 21.2. The summed E-state index contributed by atoms with van der Waals surface area (Å²) in [6, 6.07) is 12.1. The van der Waals surface area contributed by atoms with E-state index in [2.05, 4.69) is 15.6 Å². The summed E-state index contributed by atoms with van der Waals surface area (Å²) in [6.07, 6.45) is -2.88. The Labute approximate surface area is 235 Å². The van der Waals surface area contributed by atoms with Crippen LogP contribution < -0.4 is 15.5 Å². The second-order valence-electron chi connectivity index (χ2n) is 9.72. The van der Waals surface area contributed by atoms with Gasteiger partial charge in [-0.2, -0.15) is 13.2 Å². The molecule has 1 atom stereocenters. The Balaban J connectivity index is 1.36. The van der Waals surface area contributed by atoms with Crippen LogP contribution in [0.3, 0.4) is 0 Å². The van der Waals surface area contributed by atoms with Crippen molar-refractivity contribution in [3.63, 3.8) is 0 Å². The zero-order valence-corrected chi connectivity index (χ0v) is 22.1. The predicted octanol–water partition coefficient (Wildman–Crippen LogP) is 6.54. The molecule has 4 aromatic rings. The number of nitrogens with one attached hydrogen (secondary N) is 2. The molecule has 41 heavy (non-hydrogen) atoms. The van der Waals surface area contributed by atoms with Gasteiger partial charge in [0.05, 0.1) is 28.0 Å². The Kier molecular flexibility index (Phi) is 6.53. The van der Waals surface area contributed by atoms with E-state index in [1.54, 1.807) is 24.3 Å². The van der Waals surface area contributed by atoms with Gasteiger partial charge in [-0.05, 0) is 48.2 Å². The molecule has 4 amide bonds. The highest BCUT2D eigenvalue weighted by Crippen LogP contribution is 2.46. The number of nitrogens with zero attached hydrogens (tertiary/aromatic N) is 3. The van der Waals surface area contributed by atoms with E-state index < -0.39 is 29.8 Å². The van der Waals surface area contributed by atoms with Gasteiger partial charge in [-0.1, -0.05) is 30.3 Å². The minimum atomic E-state index is -4.56. The van der Waals surface area contributed by atoms with Crippen LogP contribution in [-0.2, 0) is 6.18 Å². The van der Waals surface area contributed by atoms with Gasteiger partial charge in [-0.25, -0.2) is 14.6 Å². The van der Waals surface area contributed by atoms with Crippen LogP contribution in [0, 0.1) is 0 Å². The van der Waals surface area contributed by atoms with Gasteiger partial charge in [-0.15, -0.1) is 11.3 Å². The van der Waals surface area contributed by atoms with Gasteiger partial charge < -0.3 is 20.6 Å². The Morgan fingerprint density at radius 2 is 1.93 bits per heavy atom. The van der Waals surface area contributed by atoms with Crippen LogP contribution in [0.1, 0.15) is 28.1 Å². The van der Waals surface area contributed by atoms with Crippen molar-refractivity contribution in [1.29, 1.82) is 0 Å². The van der Waals surface area contributed by atoms with Crippen LogP contribution in [0.4, 0.5) is 39.8 Å². The lowest BCUT2D eigenvalue weighted by molar-refractivity contribution is -0.137. The molecule has 1 unspecified atom stereocenters. The highest BCUT2D eigenvalue weighted by molar-refractivity contribution is 7.21. The average molecular weight is 582 g/mol. The summed E-state index contributed by atoms with van der Waals surface area (Å²) < 4.78 is 41.1. The lowest BCUT2D eigenvalue weighted by Crippen LogP contribution is -2.49. The smallest absolute Gasteiger partial charge is 0.417 e. The maximum Gasteiger partial charge on any atom is 0.417 e. The number of urea groups is 1. The second kappa shape index (κ2) is 10.1. The molecular formula is C28H22F3N5O4S. The van der Waals surface area contributed by atoms with E-state index in [1.807, 2.05) is 0 Å². The van der Waals surface area contributed by atoms with Crippen molar-refractivity contribution in [2.24, 2.45) is 0 Å². The van der Waals surface area contributed by atoms with Gasteiger partial charge in [0.15, 0.2) is 0 Å². The number of hydrogen-bond donors (Lipinski definition) is 3. The van der Waals surface area contributed by atoms with Gasteiger partial charge in [-0.3, -0.25) is 9.69 Å². The molecule has 0 spiro atoms. The number of pyridine rings is 1. The second-order valence-corrected chi connectivity index (χ2v) is 10.7. The molecule has 6 rings (SSSR count). The van der Waals surface area contributed by atoms with E-state index in [0.29, 0.717) is 41.0 Å². The first-order valence-corrected chi connectivity index (χ1v) is 13.5. The van der Waals surface area contributed by atoms with Crippen LogP contribution in [0.25, 0.3) is 21.3 Å². The number of carbonyl (C=O) groups excluding carboxylic acids is 2. The molecule has 2 aliphatic heterocycles. The van der Waals surface area contributed by atoms with Gasteiger partial charge in [0.2, 0.25) is 0 Å². The molecule has 0 aliphatic carbocycles. The van der Waals surface area contributed by atoms with Crippen LogP contribution >= 0.6 is 11.3 Å². The number of benzene rings is 2. The lowest BCUT2D eigenvalue weighted by atomic mass is 9.98. The van der Waals surface area contributed by atoms with E-state index in [4.69, 9.17) is 0 Å². The SMILES string of the molecule is O=C(NC1CCCN(C(=O)O)C1)c1sc2nccc3c2c1NC(=O)N3c1cccc(-c2ccccc2C(F)(F)F)c1. The Bertz CT molecular complexity index is 1710. The number of alkyl halides is 3. The molecule has 0 radical (unpaired) electrons. The average Bonchev–Trinajstić information content (AvgIpc) is 3.32. The third kappa shape index (κ3) is 4.82. The number of piperidine rings is 1. The standard InChI is InChI=1S/C28H22F3N5O4S/c29-28(30,31)19-9-2-1-8-18(19)15-5-3-7-17(13-15)36-20-10-11-32-25-21(20)22(34-26(36)38)23(41-25)24(37)33-16-6-4-12-35(14-16)27(39)40/h1-3,5,7-11,13,16H,4,6,12,14H2,(H,33,37)(H,34,38)(H,39,40). The molecule has 2 aromatic heterocycles. The number of thiophene rings is 1. The first-order chi connectivity index (χ1) is 19.6. The highest BCUT2D eigenvalue weighted by Gasteiger charge is 2.35. The third-order valence-corrected chi connectivity index (χ3v) is 8.22. The van der Waals surface area contributed by atoms with Crippen molar-refractivity contribution < 1.29 is 32.7 Å². The quantitative estimate of drug-likeness (QED) is 0.253. The molecule has 1 fully saturated rings. The fourth-order valence-electron chi connectivity index (χ4n) is 5.31. The van der Waals surface area contributed by atoms with Crippen molar-refractivity contribution in [2.45, 2.75) is 25.1 Å². The van der Waals surface area contributed by atoms with E-state index in [9.17, 15) is 32.7 Å². The molecule has 0 bridgehead atoms. The molecule has 210 valence electrons. The monoisotopic (exact) mass is 581 g/mol. The molecule has 1 saturated heterocycles. The number of anilines is 3. The van der Waals surface area contributed by atoms with Gasteiger partial charge in [0.25, 0.3) is 5.91 Å². The fourth-order valence-corrected chi connectivity index (χ4v) is 6.34. The minimum Gasteiger partial charge on any atom is -0.465 e. The minimum absolute atomic E-state index is 0.0153. The Morgan fingerprint density at radius 3 is 2.71 bits per heavy atom. The number of carboxylic acid groups (broad SMARTS) is 1. The molecule has 2 aliphatic rings. The summed E-state index contributed by atoms with van der Waals surface area (Å²) in [5, 5.41) is 15.5. The summed E-state index contributed by atoms with van der Waals surface area (Å²) in [5.41, 5.74) is 0.539. The fraction of sp³-hybridized carbons (Fsp3) is 0.214. The molecule has 3 N–H and O–H groups in total. The number of carbonyl (C=O) groups is 3. The number of halogens is 3. The molecule has 13 heteroatoms. The topological polar surface area (TPSA) is 115 Å². The maximum absolute atomic E-state index is 13.7. The van der Waals surface area contributed by atoms with Gasteiger partial charge >= 0.3 is 18.3 Å². The van der Waals surface area contributed by atoms with Crippen molar-refractivity contribution >= 4 is 56.6 Å². The summed E-state index contributed by atoms with van der Waals surface area (Å²) >= 11 is 1.09. The van der Waals surface area contributed by atoms with Crippen LogP contribution in [0.15, 0.2) is 60.8 Å². The number of rotatable bonds is 4. The number of aromatic nitrogens is 1. The van der Waals surface area contributed by atoms with Gasteiger partial charge in [0.1, 0.15) is 9.71 Å². The molecular weight excluding hydrogens is 559 g/mol. The molecule has 2 aromatic carbocycles.